The van der Waals surface area contributed by atoms with Crippen molar-refractivity contribution in [3.8, 4) is 0 Å². The van der Waals surface area contributed by atoms with E-state index in [2.05, 4.69) is 38.2 Å². The number of imidazole rings is 2. The lowest BCUT2D eigenvalue weighted by Crippen LogP contribution is -1.87. The van der Waals surface area contributed by atoms with Crippen LogP contribution in [-0.2, 0) is 7.05 Å². The van der Waals surface area contributed by atoms with Crippen molar-refractivity contribution in [2.75, 3.05) is 0 Å². The lowest BCUT2D eigenvalue weighted by atomic mass is 10.2. The summed E-state index contributed by atoms with van der Waals surface area (Å²) < 4.78 is 10.1. The molecule has 6 aromatic rings. The maximum Gasteiger partial charge on any atom is 0.229 e. The van der Waals surface area contributed by atoms with Crippen LogP contribution in [0.25, 0.3) is 50.0 Å². The van der Waals surface area contributed by atoms with Crippen molar-refractivity contribution >= 4 is 50.0 Å². The van der Waals surface area contributed by atoms with Gasteiger partial charge in [0, 0.05) is 12.4 Å². The normalized spacial score (nSPS) is 12.4. The number of pyridine rings is 1. The standard InChI is InChI=1S/C19H12N4O/c1-22-13-7-3-4-8-14(13)23-15-10-12-11-6-2-5-9-16(11)24-18(12)20-17(15)21-19(22)23/h2-10H,1H3. The first kappa shape index (κ1) is 12.1. The molecule has 0 aliphatic rings. The highest BCUT2D eigenvalue weighted by Crippen LogP contribution is 2.31. The molecule has 114 valence electrons. The summed E-state index contributed by atoms with van der Waals surface area (Å²) in [6, 6.07) is 18.5. The van der Waals surface area contributed by atoms with Gasteiger partial charge in [0.1, 0.15) is 5.58 Å². The Labute approximate surface area is 135 Å². The Hall–Kier alpha value is -3.34. The largest absolute Gasteiger partial charge is 0.438 e. The summed E-state index contributed by atoms with van der Waals surface area (Å²) in [6.45, 7) is 0. The van der Waals surface area contributed by atoms with Crippen molar-refractivity contribution < 1.29 is 4.42 Å². The van der Waals surface area contributed by atoms with Crippen LogP contribution in [0.3, 0.4) is 0 Å². The Morgan fingerprint density at radius 1 is 0.833 bits per heavy atom. The molecule has 0 N–H and O–H groups in total. The number of rotatable bonds is 0. The molecule has 0 amide bonds. The predicted octanol–water partition coefficient (Wildman–Crippen LogP) is 4.27. The molecule has 2 aromatic carbocycles. The average Bonchev–Trinajstić information content (AvgIpc) is 3.24. The van der Waals surface area contributed by atoms with Crippen molar-refractivity contribution in [1.29, 1.82) is 0 Å². The zero-order valence-electron chi connectivity index (χ0n) is 12.9. The fraction of sp³-hybridized carbons (Fsp3) is 0.0526. The molecule has 0 saturated heterocycles. The van der Waals surface area contributed by atoms with Crippen molar-refractivity contribution in [3.63, 3.8) is 0 Å². The minimum atomic E-state index is 0.636. The molecule has 0 bridgehead atoms. The van der Waals surface area contributed by atoms with Gasteiger partial charge in [-0.25, -0.2) is 0 Å². The summed E-state index contributed by atoms with van der Waals surface area (Å²) >= 11 is 0. The average molecular weight is 312 g/mol. The fourth-order valence-electron chi connectivity index (χ4n) is 3.64. The first-order chi connectivity index (χ1) is 11.8. The van der Waals surface area contributed by atoms with Crippen molar-refractivity contribution in [1.82, 2.24) is 18.9 Å². The second kappa shape index (κ2) is 3.94. The Morgan fingerprint density at radius 3 is 2.54 bits per heavy atom. The maximum atomic E-state index is 5.88. The highest BCUT2D eigenvalue weighted by molar-refractivity contribution is 6.07. The number of fused-ring (bicyclic) bond motifs is 8. The summed E-state index contributed by atoms with van der Waals surface area (Å²) in [5.74, 6) is 0.885. The van der Waals surface area contributed by atoms with Crippen LogP contribution in [-0.4, -0.2) is 18.9 Å². The highest BCUT2D eigenvalue weighted by atomic mass is 16.3. The van der Waals surface area contributed by atoms with Gasteiger partial charge in [-0.05, 0) is 24.3 Å². The molecule has 0 spiro atoms. The Bertz CT molecular complexity index is 1420. The van der Waals surface area contributed by atoms with E-state index in [1.807, 2.05) is 37.4 Å². The third kappa shape index (κ3) is 1.31. The van der Waals surface area contributed by atoms with E-state index in [9.17, 15) is 0 Å². The van der Waals surface area contributed by atoms with Crippen LogP contribution in [0, 0.1) is 0 Å². The van der Waals surface area contributed by atoms with Crippen LogP contribution in [0.1, 0.15) is 0 Å². The number of hydrogen-bond acceptors (Lipinski definition) is 3. The first-order valence-corrected chi connectivity index (χ1v) is 7.85. The SMILES string of the molecule is Cn1c2ccccc2n2c3cc4c(nc3nc12)oc1ccccc14. The number of benzene rings is 2. The molecule has 0 aliphatic heterocycles. The van der Waals surface area contributed by atoms with Gasteiger partial charge >= 0.3 is 0 Å². The molecule has 0 aliphatic carbocycles. The molecule has 4 heterocycles. The monoisotopic (exact) mass is 312 g/mol. The minimum absolute atomic E-state index is 0.636. The topological polar surface area (TPSA) is 48.3 Å². The number of nitrogens with zero attached hydrogens (tertiary/aromatic N) is 4. The van der Waals surface area contributed by atoms with E-state index in [1.54, 1.807) is 0 Å². The Balaban J connectivity index is 1.89. The summed E-state index contributed by atoms with van der Waals surface area (Å²) in [5.41, 5.74) is 5.48. The molecule has 0 atom stereocenters. The molecule has 6 rings (SSSR count). The molecule has 0 unspecified atom stereocenters. The van der Waals surface area contributed by atoms with Gasteiger partial charge in [-0.15, -0.1) is 0 Å². The van der Waals surface area contributed by atoms with E-state index >= 15 is 0 Å². The van der Waals surface area contributed by atoms with Gasteiger partial charge < -0.3 is 8.98 Å². The number of aryl methyl sites for hydroxylation is 1. The van der Waals surface area contributed by atoms with Crippen molar-refractivity contribution in [3.05, 3.63) is 54.6 Å². The molecule has 0 saturated carbocycles. The van der Waals surface area contributed by atoms with Gasteiger partial charge in [-0.3, -0.25) is 4.40 Å². The summed E-state index contributed by atoms with van der Waals surface area (Å²) in [6.07, 6.45) is 0. The van der Waals surface area contributed by atoms with E-state index in [0.29, 0.717) is 11.4 Å². The molecule has 5 nitrogen and oxygen atoms in total. The number of aromatic nitrogens is 4. The summed E-state index contributed by atoms with van der Waals surface area (Å²) in [4.78, 5) is 9.39. The molecule has 0 radical (unpaired) electrons. The summed E-state index contributed by atoms with van der Waals surface area (Å²) in [7, 11) is 2.03. The quantitative estimate of drug-likeness (QED) is 0.421. The van der Waals surface area contributed by atoms with Crippen LogP contribution in [0.15, 0.2) is 59.0 Å². The number of para-hydroxylation sites is 3. The zero-order chi connectivity index (χ0) is 15.8. The lowest BCUT2D eigenvalue weighted by Gasteiger charge is -1.95. The molecular weight excluding hydrogens is 300 g/mol. The van der Waals surface area contributed by atoms with Gasteiger partial charge in [-0.1, -0.05) is 30.3 Å². The van der Waals surface area contributed by atoms with Crippen LogP contribution in [0.5, 0.6) is 0 Å². The smallest absolute Gasteiger partial charge is 0.229 e. The number of furan rings is 1. The van der Waals surface area contributed by atoms with E-state index in [0.717, 1.165) is 38.7 Å². The van der Waals surface area contributed by atoms with Crippen molar-refractivity contribution in [2.24, 2.45) is 7.05 Å². The minimum Gasteiger partial charge on any atom is -0.438 e. The second-order valence-corrected chi connectivity index (χ2v) is 6.08. The van der Waals surface area contributed by atoms with Crippen LogP contribution >= 0.6 is 0 Å². The Kier molecular flexibility index (Phi) is 1.99. The maximum absolute atomic E-state index is 5.88. The third-order valence-corrected chi connectivity index (χ3v) is 4.76. The molecule has 24 heavy (non-hydrogen) atoms. The van der Waals surface area contributed by atoms with E-state index < -0.39 is 0 Å². The first-order valence-electron chi connectivity index (χ1n) is 7.85. The predicted molar refractivity (Wildman–Crippen MR) is 94.2 cm³/mol. The van der Waals surface area contributed by atoms with Crippen LogP contribution in [0.2, 0.25) is 0 Å². The van der Waals surface area contributed by atoms with Crippen LogP contribution < -0.4 is 0 Å². The van der Waals surface area contributed by atoms with Gasteiger partial charge in [0.05, 0.1) is 21.9 Å². The lowest BCUT2D eigenvalue weighted by molar-refractivity contribution is 0.655. The number of hydrogen-bond donors (Lipinski definition) is 0. The van der Waals surface area contributed by atoms with Crippen LogP contribution in [0.4, 0.5) is 0 Å². The molecule has 0 fully saturated rings. The summed E-state index contributed by atoms with van der Waals surface area (Å²) in [5, 5.41) is 2.10. The van der Waals surface area contributed by atoms with Gasteiger partial charge in [0.25, 0.3) is 0 Å². The molecule has 5 heteroatoms. The molecule has 4 aromatic heterocycles. The van der Waals surface area contributed by atoms with E-state index in [4.69, 9.17) is 9.40 Å². The van der Waals surface area contributed by atoms with Gasteiger partial charge in [-0.2, -0.15) is 9.97 Å². The fourth-order valence-corrected chi connectivity index (χ4v) is 3.64. The van der Waals surface area contributed by atoms with E-state index in [1.165, 1.54) is 0 Å². The van der Waals surface area contributed by atoms with Crippen molar-refractivity contribution in [2.45, 2.75) is 0 Å². The Morgan fingerprint density at radius 2 is 1.62 bits per heavy atom. The van der Waals surface area contributed by atoms with E-state index in [-0.39, 0.29) is 0 Å². The molecular formula is C19H12N4O. The third-order valence-electron chi connectivity index (χ3n) is 4.76. The van der Waals surface area contributed by atoms with Gasteiger partial charge in [0.2, 0.25) is 11.5 Å². The van der Waals surface area contributed by atoms with Gasteiger partial charge in [0.15, 0.2) is 5.65 Å². The zero-order valence-corrected chi connectivity index (χ0v) is 12.9. The highest BCUT2D eigenvalue weighted by Gasteiger charge is 2.17. The second-order valence-electron chi connectivity index (χ2n) is 6.08.